The SMILES string of the molecule is Cc1cc(Oc2ncc(C(=O)N[C@H](C)C(=O)N3C(c4cccc(Cl)c4)CC[C@@H]3C(C)(C)C#N)cc2C)c(=O)[nH]n1. The highest BCUT2D eigenvalue weighted by Crippen LogP contribution is 2.43. The number of nitrogens with zero attached hydrogens (tertiary/aromatic N) is 4. The molecule has 0 radical (unpaired) electrons. The molecule has 40 heavy (non-hydrogen) atoms. The van der Waals surface area contributed by atoms with Gasteiger partial charge in [-0.05, 0) is 71.2 Å². The number of likely N-dealkylation sites (tertiary alicyclic amines) is 1. The second-order valence-corrected chi connectivity index (χ2v) is 11.0. The minimum Gasteiger partial charge on any atom is -0.433 e. The molecule has 4 rings (SSSR count). The van der Waals surface area contributed by atoms with Crippen molar-refractivity contribution in [2.45, 2.75) is 65.6 Å². The quantitative estimate of drug-likeness (QED) is 0.427. The predicted molar refractivity (Wildman–Crippen MR) is 149 cm³/mol. The van der Waals surface area contributed by atoms with Crippen LogP contribution in [0.3, 0.4) is 0 Å². The van der Waals surface area contributed by atoms with E-state index in [2.05, 4.69) is 26.6 Å². The van der Waals surface area contributed by atoms with E-state index in [4.69, 9.17) is 16.3 Å². The summed E-state index contributed by atoms with van der Waals surface area (Å²) < 4.78 is 5.64. The maximum Gasteiger partial charge on any atom is 0.307 e. The normalized spacial score (nSPS) is 17.7. The number of halogens is 1. The lowest BCUT2D eigenvalue weighted by Crippen LogP contribution is -2.52. The fraction of sp³-hybridized carbons (Fsp3) is 0.379. The van der Waals surface area contributed by atoms with Crippen molar-refractivity contribution in [2.24, 2.45) is 5.41 Å². The van der Waals surface area contributed by atoms with Gasteiger partial charge in [0, 0.05) is 22.8 Å². The van der Waals surface area contributed by atoms with Crippen LogP contribution < -0.4 is 15.6 Å². The van der Waals surface area contributed by atoms with E-state index in [9.17, 15) is 19.6 Å². The van der Waals surface area contributed by atoms with Crippen molar-refractivity contribution in [1.29, 1.82) is 5.26 Å². The van der Waals surface area contributed by atoms with Crippen molar-refractivity contribution < 1.29 is 14.3 Å². The number of nitrogens with one attached hydrogen (secondary N) is 2. The first-order valence-corrected chi connectivity index (χ1v) is 13.3. The number of carbonyl (C=O) groups excluding carboxylic acids is 2. The Morgan fingerprint density at radius 1 is 1.25 bits per heavy atom. The van der Waals surface area contributed by atoms with Gasteiger partial charge in [-0.3, -0.25) is 14.4 Å². The van der Waals surface area contributed by atoms with E-state index in [1.54, 1.807) is 37.8 Å². The average Bonchev–Trinajstić information content (AvgIpc) is 3.37. The Morgan fingerprint density at radius 3 is 2.67 bits per heavy atom. The van der Waals surface area contributed by atoms with Gasteiger partial charge in [-0.25, -0.2) is 10.1 Å². The van der Waals surface area contributed by atoms with E-state index >= 15 is 0 Å². The molecule has 11 heteroatoms. The standard InChI is InChI=1S/C29H31ClN6O4/c1-16-11-20(14-32-27(16)40-23-12-17(2)34-35-26(23)38)25(37)33-18(3)28(39)36-22(19-7-6-8-21(30)13-19)9-10-24(36)29(4,5)15-31/h6-8,11-14,18,22,24H,9-10H2,1-5H3,(H,33,37)(H,35,38)/t18-,22?,24-/m1/s1. The number of aromatic nitrogens is 3. The lowest BCUT2D eigenvalue weighted by molar-refractivity contribution is -0.137. The van der Waals surface area contributed by atoms with Crippen molar-refractivity contribution >= 4 is 23.4 Å². The van der Waals surface area contributed by atoms with Crippen LogP contribution in [0.15, 0.2) is 47.4 Å². The van der Waals surface area contributed by atoms with E-state index < -0.39 is 22.9 Å². The van der Waals surface area contributed by atoms with Crippen LogP contribution in [0, 0.1) is 30.6 Å². The smallest absolute Gasteiger partial charge is 0.307 e. The van der Waals surface area contributed by atoms with Crippen LogP contribution in [0.2, 0.25) is 5.02 Å². The van der Waals surface area contributed by atoms with Crippen LogP contribution in [-0.2, 0) is 4.79 Å². The Bertz CT molecular complexity index is 1550. The van der Waals surface area contributed by atoms with Crippen LogP contribution in [0.1, 0.15) is 66.8 Å². The Labute approximate surface area is 237 Å². The van der Waals surface area contributed by atoms with Crippen LogP contribution in [0.4, 0.5) is 0 Å². The summed E-state index contributed by atoms with van der Waals surface area (Å²) >= 11 is 6.24. The predicted octanol–water partition coefficient (Wildman–Crippen LogP) is 4.63. The minimum absolute atomic E-state index is 0.0363. The van der Waals surface area contributed by atoms with Crippen LogP contribution in [-0.4, -0.2) is 44.0 Å². The highest BCUT2D eigenvalue weighted by molar-refractivity contribution is 6.30. The molecule has 0 saturated carbocycles. The van der Waals surface area contributed by atoms with Gasteiger partial charge in [0.25, 0.3) is 5.91 Å². The van der Waals surface area contributed by atoms with Gasteiger partial charge in [0.05, 0.1) is 34.8 Å². The lowest BCUT2D eigenvalue weighted by atomic mass is 9.84. The molecule has 2 amide bonds. The summed E-state index contributed by atoms with van der Waals surface area (Å²) in [6, 6.07) is 11.3. The zero-order valence-electron chi connectivity index (χ0n) is 23.0. The summed E-state index contributed by atoms with van der Waals surface area (Å²) in [4.78, 5) is 44.9. The lowest BCUT2D eigenvalue weighted by Gasteiger charge is -2.38. The Balaban J connectivity index is 1.53. The number of amides is 2. The van der Waals surface area contributed by atoms with E-state index in [0.717, 1.165) is 5.56 Å². The van der Waals surface area contributed by atoms with Crippen molar-refractivity contribution in [1.82, 2.24) is 25.4 Å². The molecule has 1 unspecified atom stereocenters. The highest BCUT2D eigenvalue weighted by atomic mass is 35.5. The molecule has 208 valence electrons. The number of nitriles is 1. The number of carbonyl (C=O) groups is 2. The first-order chi connectivity index (χ1) is 18.9. The molecular formula is C29H31ClN6O4. The van der Waals surface area contributed by atoms with Gasteiger partial charge in [0.1, 0.15) is 6.04 Å². The fourth-order valence-electron chi connectivity index (χ4n) is 4.96. The summed E-state index contributed by atoms with van der Waals surface area (Å²) in [7, 11) is 0. The number of ether oxygens (including phenoxy) is 1. The summed E-state index contributed by atoms with van der Waals surface area (Å²) in [5.41, 5.74) is 0.908. The molecule has 0 aliphatic carbocycles. The van der Waals surface area contributed by atoms with E-state index in [-0.39, 0.29) is 35.2 Å². The van der Waals surface area contributed by atoms with E-state index in [0.29, 0.717) is 29.1 Å². The summed E-state index contributed by atoms with van der Waals surface area (Å²) in [6.45, 7) is 8.67. The maximum atomic E-state index is 13.8. The molecule has 2 N–H and O–H groups in total. The highest BCUT2D eigenvalue weighted by Gasteiger charge is 2.46. The average molecular weight is 563 g/mol. The van der Waals surface area contributed by atoms with Crippen LogP contribution in [0.25, 0.3) is 0 Å². The van der Waals surface area contributed by atoms with Crippen LogP contribution >= 0.6 is 11.6 Å². The third-order valence-corrected chi connectivity index (χ3v) is 7.34. The molecule has 1 aliphatic heterocycles. The number of hydrogen-bond donors (Lipinski definition) is 2. The first-order valence-electron chi connectivity index (χ1n) is 12.9. The maximum absolute atomic E-state index is 13.8. The second kappa shape index (κ2) is 11.5. The van der Waals surface area contributed by atoms with Crippen molar-refractivity contribution in [3.8, 4) is 17.7 Å². The number of pyridine rings is 1. The minimum atomic E-state index is -0.876. The molecule has 3 heterocycles. The monoisotopic (exact) mass is 562 g/mol. The number of H-pyrrole nitrogens is 1. The molecule has 1 aliphatic rings. The van der Waals surface area contributed by atoms with Crippen LogP contribution in [0.5, 0.6) is 11.6 Å². The Hall–Kier alpha value is -4.23. The fourth-order valence-corrected chi connectivity index (χ4v) is 5.16. The molecule has 1 saturated heterocycles. The third-order valence-electron chi connectivity index (χ3n) is 7.11. The molecule has 1 aromatic carbocycles. The molecule has 1 fully saturated rings. The zero-order valence-corrected chi connectivity index (χ0v) is 23.7. The molecule has 3 aromatic rings. The molecule has 0 spiro atoms. The van der Waals surface area contributed by atoms with Gasteiger partial charge >= 0.3 is 5.56 Å². The molecule has 2 aromatic heterocycles. The second-order valence-electron chi connectivity index (χ2n) is 10.6. The summed E-state index contributed by atoms with van der Waals surface area (Å²) in [5, 5.41) is 19.3. The summed E-state index contributed by atoms with van der Waals surface area (Å²) in [5.74, 6) is -0.578. The van der Waals surface area contributed by atoms with Gasteiger partial charge in [-0.2, -0.15) is 10.4 Å². The van der Waals surface area contributed by atoms with Gasteiger partial charge < -0.3 is 15.0 Å². The van der Waals surface area contributed by atoms with Gasteiger partial charge in [0.2, 0.25) is 11.8 Å². The zero-order chi connectivity index (χ0) is 29.2. The van der Waals surface area contributed by atoms with Crippen molar-refractivity contribution in [2.75, 3.05) is 0 Å². The van der Waals surface area contributed by atoms with Gasteiger partial charge in [-0.1, -0.05) is 23.7 Å². The third kappa shape index (κ3) is 6.00. The number of benzene rings is 1. The van der Waals surface area contributed by atoms with Gasteiger partial charge in [0.15, 0.2) is 5.75 Å². The van der Waals surface area contributed by atoms with E-state index in [1.165, 1.54) is 12.3 Å². The first kappa shape index (κ1) is 28.8. The Kier molecular flexibility index (Phi) is 8.26. The molecular weight excluding hydrogens is 532 g/mol. The summed E-state index contributed by atoms with van der Waals surface area (Å²) in [6.07, 6.45) is 2.64. The molecule has 3 atom stereocenters. The largest absolute Gasteiger partial charge is 0.433 e. The molecule has 10 nitrogen and oxygen atoms in total. The van der Waals surface area contributed by atoms with Crippen molar-refractivity contribution in [3.63, 3.8) is 0 Å². The van der Waals surface area contributed by atoms with Crippen molar-refractivity contribution in [3.05, 3.63) is 80.4 Å². The van der Waals surface area contributed by atoms with E-state index in [1.807, 2.05) is 32.0 Å². The number of aromatic amines is 1. The topological polar surface area (TPSA) is 141 Å². The number of hydrogen-bond acceptors (Lipinski definition) is 7. The Morgan fingerprint density at radius 2 is 2.00 bits per heavy atom. The van der Waals surface area contributed by atoms with Gasteiger partial charge in [-0.15, -0.1) is 0 Å². The number of rotatable bonds is 7. The molecule has 0 bridgehead atoms. The number of aryl methyl sites for hydroxylation is 2.